The van der Waals surface area contributed by atoms with Gasteiger partial charge in [0.15, 0.2) is 17.5 Å². The van der Waals surface area contributed by atoms with Gasteiger partial charge in [0.25, 0.3) is 0 Å². The number of nitrogens with zero attached hydrogens (tertiary/aromatic N) is 4. The monoisotopic (exact) mass is 714 g/mol. The van der Waals surface area contributed by atoms with Crippen molar-refractivity contribution in [1.29, 1.82) is 0 Å². The summed E-state index contributed by atoms with van der Waals surface area (Å²) in [5, 5.41) is 11.4. The van der Waals surface area contributed by atoms with E-state index >= 15 is 0 Å². The second-order valence-corrected chi connectivity index (χ2v) is 14.4. The number of fused-ring (bicyclic) bond motifs is 11. The van der Waals surface area contributed by atoms with Crippen LogP contribution in [0.5, 0.6) is 0 Å². The van der Waals surface area contributed by atoms with Crippen LogP contribution in [0.1, 0.15) is 0 Å². The summed E-state index contributed by atoms with van der Waals surface area (Å²) in [7, 11) is 0. The maximum absolute atomic E-state index is 6.77. The van der Waals surface area contributed by atoms with Gasteiger partial charge in [0.1, 0.15) is 11.2 Å². The zero-order chi connectivity index (χ0) is 36.7. The zero-order valence-corrected chi connectivity index (χ0v) is 30.0. The molecule has 0 atom stereocenters. The Balaban J connectivity index is 1.16. The summed E-state index contributed by atoms with van der Waals surface area (Å²) < 4.78 is 9.09. The summed E-state index contributed by atoms with van der Waals surface area (Å²) in [5.74, 6) is 1.80. The fourth-order valence-corrected chi connectivity index (χ4v) is 8.63. The van der Waals surface area contributed by atoms with Gasteiger partial charge in [-0.25, -0.2) is 15.0 Å². The van der Waals surface area contributed by atoms with Crippen molar-refractivity contribution in [2.75, 3.05) is 0 Å². The highest BCUT2D eigenvalue weighted by Crippen LogP contribution is 2.44. The van der Waals surface area contributed by atoms with E-state index in [1.807, 2.05) is 18.2 Å². The summed E-state index contributed by atoms with van der Waals surface area (Å²) in [6.45, 7) is 0. The van der Waals surface area contributed by atoms with E-state index in [0.717, 1.165) is 82.3 Å². The summed E-state index contributed by atoms with van der Waals surface area (Å²) in [5.41, 5.74) is 7.71. The van der Waals surface area contributed by atoms with Crippen LogP contribution in [0, 0.1) is 0 Å². The van der Waals surface area contributed by atoms with Crippen molar-refractivity contribution in [3.8, 4) is 39.9 Å². The molecular weight excluding hydrogens is 685 g/mol. The minimum Gasteiger partial charge on any atom is -0.456 e. The summed E-state index contributed by atoms with van der Waals surface area (Å²) >= 11 is 0. The first-order valence-electron chi connectivity index (χ1n) is 18.9. The third kappa shape index (κ3) is 4.64. The van der Waals surface area contributed by atoms with Crippen LogP contribution in [0.4, 0.5) is 0 Å². The molecule has 0 fully saturated rings. The lowest BCUT2D eigenvalue weighted by molar-refractivity contribution is 0.670. The first kappa shape index (κ1) is 30.8. The normalized spacial score (nSPS) is 11.9. The number of hydrogen-bond acceptors (Lipinski definition) is 4. The highest BCUT2D eigenvalue weighted by molar-refractivity contribution is 6.30. The van der Waals surface area contributed by atoms with Crippen LogP contribution in [0.25, 0.3) is 116 Å². The van der Waals surface area contributed by atoms with Crippen molar-refractivity contribution in [3.05, 3.63) is 182 Å². The summed E-state index contributed by atoms with van der Waals surface area (Å²) in [4.78, 5) is 15.7. The minimum absolute atomic E-state index is 0.588. The molecule has 0 radical (unpaired) electrons. The highest BCUT2D eigenvalue weighted by Gasteiger charge is 2.22. The Morgan fingerprint density at radius 1 is 0.357 bits per heavy atom. The van der Waals surface area contributed by atoms with Crippen LogP contribution in [0.3, 0.4) is 0 Å². The number of furan rings is 1. The third-order valence-electron chi connectivity index (χ3n) is 11.2. The summed E-state index contributed by atoms with van der Waals surface area (Å²) in [6, 6.07) is 63.8. The van der Waals surface area contributed by atoms with Crippen LogP contribution in [-0.2, 0) is 0 Å². The Kier molecular flexibility index (Phi) is 6.56. The van der Waals surface area contributed by atoms with E-state index in [9.17, 15) is 0 Å². The van der Waals surface area contributed by atoms with Crippen molar-refractivity contribution in [2.24, 2.45) is 0 Å². The van der Waals surface area contributed by atoms with Crippen LogP contribution in [-0.4, -0.2) is 19.5 Å². The van der Waals surface area contributed by atoms with Gasteiger partial charge >= 0.3 is 0 Å². The van der Waals surface area contributed by atoms with E-state index < -0.39 is 0 Å². The lowest BCUT2D eigenvalue weighted by atomic mass is 9.93. The topological polar surface area (TPSA) is 56.7 Å². The smallest absolute Gasteiger partial charge is 0.164 e. The van der Waals surface area contributed by atoms with Gasteiger partial charge in [-0.1, -0.05) is 140 Å². The predicted octanol–water partition coefficient (Wildman–Crippen LogP) is 13.3. The second-order valence-electron chi connectivity index (χ2n) is 14.4. The van der Waals surface area contributed by atoms with Crippen molar-refractivity contribution >= 4 is 76.1 Å². The largest absolute Gasteiger partial charge is 0.456 e. The SMILES string of the molecule is c1ccc(-c2nc(-c3ccc4c5ccccc5n(-c5ccccc5)c4c3)nc(-c3cc4oc5cc6ccccc6cc5c4c4c3ccc3ccccc34)n2)cc1. The molecule has 0 saturated carbocycles. The number of benzene rings is 9. The molecule has 0 N–H and O–H groups in total. The van der Waals surface area contributed by atoms with Crippen molar-refractivity contribution in [3.63, 3.8) is 0 Å². The predicted molar refractivity (Wildman–Crippen MR) is 230 cm³/mol. The Hall–Kier alpha value is -7.63. The molecule has 0 aliphatic rings. The first-order valence-corrected chi connectivity index (χ1v) is 18.9. The van der Waals surface area contributed by atoms with E-state index in [0.29, 0.717) is 17.5 Å². The number of para-hydroxylation sites is 2. The van der Waals surface area contributed by atoms with Gasteiger partial charge in [0.2, 0.25) is 0 Å². The molecule has 0 saturated heterocycles. The molecule has 3 heterocycles. The molecule has 12 aromatic rings. The molecule has 260 valence electrons. The van der Waals surface area contributed by atoms with Crippen molar-refractivity contribution in [2.45, 2.75) is 0 Å². The number of hydrogen-bond donors (Lipinski definition) is 0. The molecule has 5 heteroatoms. The average molecular weight is 715 g/mol. The maximum Gasteiger partial charge on any atom is 0.164 e. The Morgan fingerprint density at radius 3 is 1.80 bits per heavy atom. The van der Waals surface area contributed by atoms with Gasteiger partial charge in [-0.05, 0) is 69.4 Å². The maximum atomic E-state index is 6.77. The van der Waals surface area contributed by atoms with Crippen molar-refractivity contribution < 1.29 is 4.42 Å². The van der Waals surface area contributed by atoms with Gasteiger partial charge in [0, 0.05) is 49.3 Å². The second kappa shape index (κ2) is 11.9. The Bertz CT molecular complexity index is 3530. The van der Waals surface area contributed by atoms with Gasteiger partial charge < -0.3 is 8.98 Å². The molecule has 0 bridgehead atoms. The Labute approximate surface area is 320 Å². The summed E-state index contributed by atoms with van der Waals surface area (Å²) in [6.07, 6.45) is 0. The number of rotatable bonds is 4. The van der Waals surface area contributed by atoms with E-state index in [1.165, 1.54) is 16.2 Å². The van der Waals surface area contributed by atoms with Gasteiger partial charge in [-0.3, -0.25) is 0 Å². The van der Waals surface area contributed by atoms with Gasteiger partial charge in [-0.15, -0.1) is 0 Å². The van der Waals surface area contributed by atoms with Crippen LogP contribution < -0.4 is 0 Å². The van der Waals surface area contributed by atoms with E-state index in [1.54, 1.807) is 0 Å². The standard InChI is InChI=1S/C51H30N4O/c1-3-14-32(15-4-1)49-52-50(35-24-25-39-38-21-11-12-22-43(38)55(44(39)28-35)36-18-5-2-6-19-36)54-51(53-49)41-30-46-48(47-37-20-10-9-13-31(37)23-26-40(41)47)42-27-33-16-7-8-17-34(33)29-45(42)56-46/h1-30H. The fourth-order valence-electron chi connectivity index (χ4n) is 8.63. The third-order valence-corrected chi connectivity index (χ3v) is 11.2. The Morgan fingerprint density at radius 2 is 0.982 bits per heavy atom. The molecule has 5 nitrogen and oxygen atoms in total. The number of aromatic nitrogens is 4. The molecule has 12 rings (SSSR count). The molecule has 0 aliphatic carbocycles. The average Bonchev–Trinajstić information content (AvgIpc) is 3.80. The molecule has 0 aliphatic heterocycles. The van der Waals surface area contributed by atoms with Crippen LogP contribution in [0.2, 0.25) is 0 Å². The zero-order valence-electron chi connectivity index (χ0n) is 30.0. The molecule has 9 aromatic carbocycles. The molecule has 0 unspecified atom stereocenters. The lowest BCUT2D eigenvalue weighted by Gasteiger charge is -2.13. The minimum atomic E-state index is 0.588. The highest BCUT2D eigenvalue weighted by atomic mass is 16.3. The fraction of sp³-hybridized carbons (Fsp3) is 0. The lowest BCUT2D eigenvalue weighted by Crippen LogP contribution is -2.01. The van der Waals surface area contributed by atoms with Crippen LogP contribution in [0.15, 0.2) is 186 Å². The van der Waals surface area contributed by atoms with E-state index in [2.05, 4.69) is 168 Å². The van der Waals surface area contributed by atoms with E-state index in [-0.39, 0.29) is 0 Å². The molecule has 0 amide bonds. The molecular formula is C51H30N4O. The van der Waals surface area contributed by atoms with Crippen molar-refractivity contribution in [1.82, 2.24) is 19.5 Å². The van der Waals surface area contributed by atoms with E-state index in [4.69, 9.17) is 19.4 Å². The quantitative estimate of drug-likeness (QED) is 0.170. The van der Waals surface area contributed by atoms with Gasteiger partial charge in [-0.2, -0.15) is 0 Å². The van der Waals surface area contributed by atoms with Crippen LogP contribution >= 0.6 is 0 Å². The molecule has 0 spiro atoms. The molecule has 3 aromatic heterocycles. The first-order chi connectivity index (χ1) is 27.7. The van der Waals surface area contributed by atoms with Gasteiger partial charge in [0.05, 0.1) is 11.0 Å². The molecule has 56 heavy (non-hydrogen) atoms.